The van der Waals surface area contributed by atoms with Gasteiger partial charge in [-0.1, -0.05) is 6.07 Å². The molecule has 25 heavy (non-hydrogen) atoms. The highest BCUT2D eigenvalue weighted by Gasteiger charge is 2.35. The van der Waals surface area contributed by atoms with Crippen LogP contribution in [0.1, 0.15) is 31.1 Å². The molecule has 2 aromatic carbocycles. The van der Waals surface area contributed by atoms with E-state index in [9.17, 15) is 14.4 Å². The van der Waals surface area contributed by atoms with Gasteiger partial charge >= 0.3 is 0 Å². The predicted octanol–water partition coefficient (Wildman–Crippen LogP) is 2.18. The summed E-state index contributed by atoms with van der Waals surface area (Å²) in [4.78, 5) is 38.0. The zero-order valence-corrected chi connectivity index (χ0v) is 14.0. The number of fused-ring (bicyclic) bond motifs is 1. The third-order valence-corrected chi connectivity index (χ3v) is 4.02. The first-order valence-electron chi connectivity index (χ1n) is 7.46. The van der Waals surface area contributed by atoms with E-state index in [1.165, 1.54) is 27.3 Å². The Morgan fingerprint density at radius 2 is 1.80 bits per heavy atom. The van der Waals surface area contributed by atoms with Crippen molar-refractivity contribution in [3.63, 3.8) is 0 Å². The molecular formula is C18H16N2O5. The van der Waals surface area contributed by atoms with Gasteiger partial charge in [-0.25, -0.2) is 0 Å². The number of anilines is 1. The molecule has 1 heterocycles. The van der Waals surface area contributed by atoms with Crippen LogP contribution in [0, 0.1) is 0 Å². The van der Waals surface area contributed by atoms with E-state index in [2.05, 4.69) is 5.32 Å². The van der Waals surface area contributed by atoms with Gasteiger partial charge in [0.15, 0.2) is 0 Å². The number of hydrogen-bond donors (Lipinski definition) is 1. The highest BCUT2D eigenvalue weighted by atomic mass is 16.5. The lowest BCUT2D eigenvalue weighted by Crippen LogP contribution is -2.24. The van der Waals surface area contributed by atoms with Crippen LogP contribution in [0.25, 0.3) is 0 Å². The fraction of sp³-hybridized carbons (Fsp3) is 0.167. The summed E-state index contributed by atoms with van der Waals surface area (Å²) in [5, 5.41) is 2.68. The highest BCUT2D eigenvalue weighted by molar-refractivity contribution is 6.24. The minimum absolute atomic E-state index is 0.185. The van der Waals surface area contributed by atoms with Crippen molar-refractivity contribution in [2.24, 2.45) is 0 Å². The second-order valence-electron chi connectivity index (χ2n) is 5.42. The van der Waals surface area contributed by atoms with Gasteiger partial charge in [0.1, 0.15) is 11.5 Å². The Hall–Kier alpha value is -3.35. The van der Waals surface area contributed by atoms with Gasteiger partial charge in [-0.15, -0.1) is 0 Å². The van der Waals surface area contributed by atoms with E-state index in [0.29, 0.717) is 11.5 Å². The topological polar surface area (TPSA) is 84.9 Å². The Balaban J connectivity index is 1.99. The van der Waals surface area contributed by atoms with E-state index < -0.39 is 17.7 Å². The molecule has 0 bridgehead atoms. The Morgan fingerprint density at radius 1 is 1.04 bits per heavy atom. The van der Waals surface area contributed by atoms with Crippen LogP contribution >= 0.6 is 0 Å². The number of nitrogens with zero attached hydrogens (tertiary/aromatic N) is 1. The number of ether oxygens (including phenoxy) is 2. The number of methoxy groups -OCH3 is 2. The fourth-order valence-electron chi connectivity index (χ4n) is 2.69. The summed E-state index contributed by atoms with van der Waals surface area (Å²) in [6.07, 6.45) is 0. The molecule has 7 heteroatoms. The number of benzene rings is 2. The molecule has 0 saturated heterocycles. The summed E-state index contributed by atoms with van der Waals surface area (Å²) in [5.74, 6) is -0.455. The van der Waals surface area contributed by atoms with E-state index in [1.807, 2.05) is 0 Å². The Bertz CT molecular complexity index is 891. The first kappa shape index (κ1) is 16.5. The lowest BCUT2D eigenvalue weighted by atomic mass is 10.1. The van der Waals surface area contributed by atoms with Gasteiger partial charge in [-0.2, -0.15) is 0 Å². The molecule has 1 aliphatic rings. The van der Waals surface area contributed by atoms with Gasteiger partial charge in [-0.3, -0.25) is 19.3 Å². The van der Waals surface area contributed by atoms with Crippen LogP contribution in [-0.4, -0.2) is 43.9 Å². The van der Waals surface area contributed by atoms with Gasteiger partial charge < -0.3 is 14.8 Å². The number of hydrogen-bond acceptors (Lipinski definition) is 5. The number of carbonyl (C=O) groups excluding carboxylic acids is 3. The number of rotatable bonds is 4. The Morgan fingerprint density at radius 3 is 2.48 bits per heavy atom. The maximum atomic E-state index is 12.7. The second kappa shape index (κ2) is 6.27. The largest absolute Gasteiger partial charge is 0.497 e. The van der Waals surface area contributed by atoms with E-state index in [-0.39, 0.29) is 22.4 Å². The number of carbonyl (C=O) groups is 3. The maximum absolute atomic E-state index is 12.7. The Labute approximate surface area is 144 Å². The molecule has 3 rings (SSSR count). The average Bonchev–Trinajstić information content (AvgIpc) is 2.86. The molecule has 7 nitrogen and oxygen atoms in total. The molecule has 0 spiro atoms. The normalized spacial score (nSPS) is 12.8. The standard InChI is InChI=1S/C18H16N2O5/c1-20-17(22)11-5-4-6-13(15(11)18(20)23)19-16(21)12-9-10(24-2)7-8-14(12)25-3/h4-9H,1-3H3,(H,19,21). The van der Waals surface area contributed by atoms with Crippen LogP contribution in [0.5, 0.6) is 11.5 Å². The van der Waals surface area contributed by atoms with Gasteiger partial charge in [0, 0.05) is 7.05 Å². The quantitative estimate of drug-likeness (QED) is 0.863. The average molecular weight is 340 g/mol. The summed E-state index contributed by atoms with van der Waals surface area (Å²) in [6, 6.07) is 9.57. The third kappa shape index (κ3) is 2.69. The molecule has 1 aliphatic heterocycles. The van der Waals surface area contributed by atoms with Crippen LogP contribution in [0.4, 0.5) is 5.69 Å². The van der Waals surface area contributed by atoms with E-state index in [1.54, 1.807) is 30.3 Å². The third-order valence-electron chi connectivity index (χ3n) is 4.02. The highest BCUT2D eigenvalue weighted by Crippen LogP contribution is 2.30. The van der Waals surface area contributed by atoms with Gasteiger partial charge in [0.2, 0.25) is 0 Å². The van der Waals surface area contributed by atoms with Crippen LogP contribution in [-0.2, 0) is 0 Å². The van der Waals surface area contributed by atoms with Crippen LogP contribution in [0.3, 0.4) is 0 Å². The van der Waals surface area contributed by atoms with Crippen molar-refractivity contribution in [2.45, 2.75) is 0 Å². The van der Waals surface area contributed by atoms with Gasteiger partial charge in [0.05, 0.1) is 36.6 Å². The van der Waals surface area contributed by atoms with E-state index in [4.69, 9.17) is 9.47 Å². The summed E-state index contributed by atoms with van der Waals surface area (Å²) >= 11 is 0. The van der Waals surface area contributed by atoms with Crippen LogP contribution < -0.4 is 14.8 Å². The van der Waals surface area contributed by atoms with Crippen molar-refractivity contribution >= 4 is 23.4 Å². The molecule has 0 unspecified atom stereocenters. The lowest BCUT2D eigenvalue weighted by molar-refractivity contribution is 0.0693. The summed E-state index contributed by atoms with van der Waals surface area (Å²) in [6.45, 7) is 0. The van der Waals surface area contributed by atoms with Crippen molar-refractivity contribution in [3.05, 3.63) is 53.1 Å². The van der Waals surface area contributed by atoms with E-state index >= 15 is 0 Å². The molecular weight excluding hydrogens is 324 g/mol. The zero-order valence-electron chi connectivity index (χ0n) is 14.0. The predicted molar refractivity (Wildman–Crippen MR) is 90.4 cm³/mol. The molecule has 2 aromatic rings. The summed E-state index contributed by atoms with van der Waals surface area (Å²) in [7, 11) is 4.35. The van der Waals surface area contributed by atoms with Crippen LogP contribution in [0.15, 0.2) is 36.4 Å². The zero-order chi connectivity index (χ0) is 18.1. The number of imide groups is 1. The maximum Gasteiger partial charge on any atom is 0.263 e. The second-order valence-corrected chi connectivity index (χ2v) is 5.42. The number of nitrogens with one attached hydrogen (secondary N) is 1. The molecule has 128 valence electrons. The summed E-state index contributed by atoms with van der Waals surface area (Å²) in [5.41, 5.74) is 0.979. The Kier molecular flexibility index (Phi) is 4.14. The molecule has 0 saturated carbocycles. The van der Waals surface area contributed by atoms with Crippen molar-refractivity contribution in [1.29, 1.82) is 0 Å². The van der Waals surface area contributed by atoms with Crippen molar-refractivity contribution in [2.75, 3.05) is 26.6 Å². The molecule has 1 N–H and O–H groups in total. The minimum atomic E-state index is -0.473. The number of amides is 3. The first-order valence-corrected chi connectivity index (χ1v) is 7.46. The van der Waals surface area contributed by atoms with Crippen molar-refractivity contribution < 1.29 is 23.9 Å². The van der Waals surface area contributed by atoms with Crippen molar-refractivity contribution in [1.82, 2.24) is 4.90 Å². The SMILES string of the molecule is COc1ccc(OC)c(C(=O)Nc2cccc3c2C(=O)N(C)C3=O)c1. The monoisotopic (exact) mass is 340 g/mol. The molecule has 0 aliphatic carbocycles. The first-order chi connectivity index (χ1) is 12.0. The van der Waals surface area contributed by atoms with E-state index in [0.717, 1.165) is 4.90 Å². The summed E-state index contributed by atoms with van der Waals surface area (Å²) < 4.78 is 10.3. The molecule has 0 aromatic heterocycles. The molecule has 0 atom stereocenters. The molecule has 3 amide bonds. The fourth-order valence-corrected chi connectivity index (χ4v) is 2.69. The van der Waals surface area contributed by atoms with Crippen LogP contribution in [0.2, 0.25) is 0 Å². The molecule has 0 radical (unpaired) electrons. The molecule has 0 fully saturated rings. The van der Waals surface area contributed by atoms with Crippen molar-refractivity contribution in [3.8, 4) is 11.5 Å². The van der Waals surface area contributed by atoms with Gasteiger partial charge in [-0.05, 0) is 30.3 Å². The minimum Gasteiger partial charge on any atom is -0.497 e. The van der Waals surface area contributed by atoms with Gasteiger partial charge in [0.25, 0.3) is 17.7 Å². The smallest absolute Gasteiger partial charge is 0.263 e. The lowest BCUT2D eigenvalue weighted by Gasteiger charge is -2.12.